The van der Waals surface area contributed by atoms with E-state index in [1.807, 2.05) is 52.0 Å². The fraction of sp³-hybridized carbons (Fsp3) is 0.550. The number of fused-ring (bicyclic) bond motifs is 1. The van der Waals surface area contributed by atoms with E-state index in [4.69, 9.17) is 4.74 Å². The first-order valence-electron chi connectivity index (χ1n) is 9.35. The molecule has 7 nitrogen and oxygen atoms in total. The van der Waals surface area contributed by atoms with E-state index < -0.39 is 17.2 Å². The highest BCUT2D eigenvalue weighted by atomic mass is 16.6. The molecule has 1 aromatic heterocycles. The van der Waals surface area contributed by atoms with E-state index in [1.54, 1.807) is 10.9 Å². The van der Waals surface area contributed by atoms with Crippen LogP contribution in [0, 0.1) is 5.92 Å². The molecule has 1 aliphatic rings. The molecular weight excluding hydrogens is 344 g/mol. The number of rotatable bonds is 6. The quantitative estimate of drug-likeness (QED) is 0.816. The number of nitrogens with one attached hydrogen (secondary N) is 2. The van der Waals surface area contributed by atoms with E-state index in [0.29, 0.717) is 12.5 Å². The van der Waals surface area contributed by atoms with Crippen LogP contribution in [0.1, 0.15) is 40.5 Å². The first kappa shape index (κ1) is 19.2. The number of nitrogens with zero attached hydrogens (tertiary/aromatic N) is 2. The minimum Gasteiger partial charge on any atom is -0.444 e. The number of ether oxygens (including phenoxy) is 1. The van der Waals surface area contributed by atoms with Crippen LogP contribution >= 0.6 is 0 Å². The normalized spacial score (nSPS) is 16.6. The third-order valence-electron chi connectivity index (χ3n) is 4.75. The second kappa shape index (κ2) is 7.21. The van der Waals surface area contributed by atoms with Crippen molar-refractivity contribution in [1.29, 1.82) is 0 Å². The predicted molar refractivity (Wildman–Crippen MR) is 103 cm³/mol. The summed E-state index contributed by atoms with van der Waals surface area (Å²) in [6, 6.07) is 7.79. The van der Waals surface area contributed by atoms with Gasteiger partial charge in [-0.2, -0.15) is 5.10 Å². The molecule has 2 N–H and O–H groups in total. The van der Waals surface area contributed by atoms with Gasteiger partial charge in [0.05, 0.1) is 17.3 Å². The lowest BCUT2D eigenvalue weighted by Gasteiger charge is -2.32. The maximum absolute atomic E-state index is 12.7. The van der Waals surface area contributed by atoms with Gasteiger partial charge in [-0.3, -0.25) is 9.48 Å². The summed E-state index contributed by atoms with van der Waals surface area (Å²) < 4.78 is 6.99. The van der Waals surface area contributed by atoms with Gasteiger partial charge in [0.25, 0.3) is 0 Å². The molecule has 0 radical (unpaired) electrons. The summed E-state index contributed by atoms with van der Waals surface area (Å²) >= 11 is 0. The monoisotopic (exact) mass is 372 g/mol. The van der Waals surface area contributed by atoms with Crippen molar-refractivity contribution in [3.05, 3.63) is 30.5 Å². The predicted octanol–water partition coefficient (Wildman–Crippen LogP) is 2.85. The highest BCUT2D eigenvalue weighted by molar-refractivity contribution is 5.82. The summed E-state index contributed by atoms with van der Waals surface area (Å²) in [6.07, 6.45) is 3.36. The first-order chi connectivity index (χ1) is 12.7. The Morgan fingerprint density at radius 1 is 1.22 bits per heavy atom. The maximum atomic E-state index is 12.7. The number of carbonyl (C=O) groups excluding carboxylic acids is 2. The second-order valence-electron chi connectivity index (χ2n) is 8.46. The lowest BCUT2D eigenvalue weighted by atomic mass is 9.95. The number of hydrogen-bond acceptors (Lipinski definition) is 4. The Labute approximate surface area is 159 Å². The van der Waals surface area contributed by atoms with E-state index in [2.05, 4.69) is 15.7 Å². The minimum atomic E-state index is -0.551. The molecule has 0 spiro atoms. The Balaban J connectivity index is 1.61. The molecule has 2 amide bonds. The summed E-state index contributed by atoms with van der Waals surface area (Å²) in [7, 11) is 0. The van der Waals surface area contributed by atoms with Gasteiger partial charge in [-0.1, -0.05) is 18.2 Å². The zero-order valence-electron chi connectivity index (χ0n) is 16.4. The number of aromatic nitrogens is 2. The molecule has 0 bridgehead atoms. The van der Waals surface area contributed by atoms with Crippen LogP contribution in [0.3, 0.4) is 0 Å². The maximum Gasteiger partial charge on any atom is 0.407 e. The zero-order valence-corrected chi connectivity index (χ0v) is 16.4. The van der Waals surface area contributed by atoms with Crippen LogP contribution in [0.2, 0.25) is 0 Å². The van der Waals surface area contributed by atoms with E-state index in [0.717, 1.165) is 23.7 Å². The lowest BCUT2D eigenvalue weighted by Crippen LogP contribution is -2.56. The van der Waals surface area contributed by atoms with Crippen molar-refractivity contribution in [1.82, 2.24) is 20.4 Å². The second-order valence-corrected chi connectivity index (χ2v) is 8.46. The summed E-state index contributed by atoms with van der Waals surface area (Å²) in [5, 5.41) is 11.2. The van der Waals surface area contributed by atoms with Gasteiger partial charge in [0.15, 0.2) is 0 Å². The van der Waals surface area contributed by atoms with Crippen LogP contribution in [0.15, 0.2) is 30.5 Å². The Kier molecular flexibility index (Phi) is 5.13. The zero-order chi connectivity index (χ0) is 19.7. The standard InChI is InChI=1S/C20H28N4O3/c1-19(2,3)27-18(26)21-13-20(4,15-9-10-15)23-17(25)12-24-16-8-6-5-7-14(16)11-22-24/h5-8,11,15H,9-10,12-13H2,1-4H3,(H,21,26)(H,23,25). The minimum absolute atomic E-state index is 0.121. The Hall–Kier alpha value is -2.57. The summed E-state index contributed by atoms with van der Waals surface area (Å²) in [6.45, 7) is 7.91. The molecule has 1 atom stereocenters. The summed E-state index contributed by atoms with van der Waals surface area (Å²) in [5.74, 6) is 0.231. The van der Waals surface area contributed by atoms with Crippen LogP contribution in [0.25, 0.3) is 10.9 Å². The van der Waals surface area contributed by atoms with Crippen molar-refractivity contribution in [3.8, 4) is 0 Å². The van der Waals surface area contributed by atoms with E-state index in [1.165, 1.54) is 0 Å². The van der Waals surface area contributed by atoms with Gasteiger partial charge in [-0.05, 0) is 52.5 Å². The van der Waals surface area contributed by atoms with E-state index in [9.17, 15) is 9.59 Å². The first-order valence-corrected chi connectivity index (χ1v) is 9.35. The average molecular weight is 372 g/mol. The van der Waals surface area contributed by atoms with Crippen molar-refractivity contribution < 1.29 is 14.3 Å². The number of amides is 2. The molecule has 1 heterocycles. The fourth-order valence-corrected chi connectivity index (χ4v) is 3.23. The molecule has 1 unspecified atom stereocenters. The van der Waals surface area contributed by atoms with Gasteiger partial charge in [0, 0.05) is 11.9 Å². The highest BCUT2D eigenvalue weighted by Gasteiger charge is 2.43. The number of benzene rings is 1. The number of alkyl carbamates (subject to hydrolysis) is 1. The molecule has 1 aromatic carbocycles. The van der Waals surface area contributed by atoms with Crippen LogP contribution < -0.4 is 10.6 Å². The van der Waals surface area contributed by atoms with Gasteiger partial charge in [0.2, 0.25) is 5.91 Å². The van der Waals surface area contributed by atoms with Crippen LogP contribution in [-0.2, 0) is 16.1 Å². The van der Waals surface area contributed by atoms with Crippen LogP contribution in [0.4, 0.5) is 4.79 Å². The van der Waals surface area contributed by atoms with Crippen LogP contribution in [-0.4, -0.2) is 39.5 Å². The third-order valence-corrected chi connectivity index (χ3v) is 4.75. The van der Waals surface area contributed by atoms with Gasteiger partial charge < -0.3 is 15.4 Å². The molecule has 1 fully saturated rings. The van der Waals surface area contributed by atoms with E-state index >= 15 is 0 Å². The molecule has 1 aliphatic carbocycles. The highest BCUT2D eigenvalue weighted by Crippen LogP contribution is 2.39. The SMILES string of the molecule is CC(C)(C)OC(=O)NCC(C)(NC(=O)Cn1ncc2ccccc21)C1CC1. The molecule has 7 heteroatoms. The smallest absolute Gasteiger partial charge is 0.407 e. The summed E-state index contributed by atoms with van der Waals surface area (Å²) in [4.78, 5) is 24.6. The fourth-order valence-electron chi connectivity index (χ4n) is 3.23. The Bertz CT molecular complexity index is 835. The molecule has 146 valence electrons. The Morgan fingerprint density at radius 3 is 2.59 bits per heavy atom. The molecule has 27 heavy (non-hydrogen) atoms. The van der Waals surface area contributed by atoms with Gasteiger partial charge in [0.1, 0.15) is 12.1 Å². The number of para-hydroxylation sites is 1. The third kappa shape index (κ3) is 4.99. The lowest BCUT2D eigenvalue weighted by molar-refractivity contribution is -0.123. The van der Waals surface area contributed by atoms with Crippen molar-refractivity contribution >= 4 is 22.9 Å². The largest absolute Gasteiger partial charge is 0.444 e. The van der Waals surface area contributed by atoms with Gasteiger partial charge >= 0.3 is 6.09 Å². The number of hydrogen-bond donors (Lipinski definition) is 2. The van der Waals surface area contributed by atoms with Gasteiger partial charge in [-0.25, -0.2) is 4.79 Å². The van der Waals surface area contributed by atoms with Crippen molar-refractivity contribution in [2.45, 2.75) is 58.2 Å². The average Bonchev–Trinajstić information content (AvgIpc) is 3.36. The van der Waals surface area contributed by atoms with Crippen molar-refractivity contribution in [3.63, 3.8) is 0 Å². The van der Waals surface area contributed by atoms with E-state index in [-0.39, 0.29) is 12.5 Å². The molecule has 0 aliphatic heterocycles. The molecule has 2 aromatic rings. The molecule has 1 saturated carbocycles. The number of carbonyl (C=O) groups is 2. The Morgan fingerprint density at radius 2 is 1.93 bits per heavy atom. The summed E-state index contributed by atoms with van der Waals surface area (Å²) in [5.41, 5.74) is -0.130. The topological polar surface area (TPSA) is 85.3 Å². The molecule has 0 saturated heterocycles. The molecule has 3 rings (SSSR count). The van der Waals surface area contributed by atoms with Crippen molar-refractivity contribution in [2.24, 2.45) is 5.92 Å². The van der Waals surface area contributed by atoms with Crippen molar-refractivity contribution in [2.75, 3.05) is 6.54 Å². The van der Waals surface area contributed by atoms with Gasteiger partial charge in [-0.15, -0.1) is 0 Å². The van der Waals surface area contributed by atoms with Crippen LogP contribution in [0.5, 0.6) is 0 Å². The molecular formula is C20H28N4O3.